The van der Waals surface area contributed by atoms with Gasteiger partial charge >= 0.3 is 5.97 Å². The van der Waals surface area contributed by atoms with Gasteiger partial charge in [-0.15, -0.1) is 0 Å². The second-order valence-corrected chi connectivity index (χ2v) is 5.04. The zero-order chi connectivity index (χ0) is 15.9. The average molecular weight is 297 g/mol. The molecule has 4 nitrogen and oxygen atoms in total. The molecule has 0 aliphatic heterocycles. The van der Waals surface area contributed by atoms with E-state index in [4.69, 9.17) is 4.74 Å². The van der Waals surface area contributed by atoms with Crippen LogP contribution in [0.2, 0.25) is 0 Å². The van der Waals surface area contributed by atoms with E-state index >= 15 is 0 Å². The van der Waals surface area contributed by atoms with Crippen molar-refractivity contribution in [3.8, 4) is 0 Å². The highest BCUT2D eigenvalue weighted by molar-refractivity contribution is 5.84. The van der Waals surface area contributed by atoms with Crippen molar-refractivity contribution >= 4 is 11.9 Å². The van der Waals surface area contributed by atoms with Crippen molar-refractivity contribution in [2.24, 2.45) is 0 Å². The van der Waals surface area contributed by atoms with Crippen LogP contribution >= 0.6 is 0 Å². The second kappa shape index (κ2) is 7.41. The minimum absolute atomic E-state index is 0.171. The number of benzene rings is 2. The van der Waals surface area contributed by atoms with Gasteiger partial charge < -0.3 is 10.1 Å². The van der Waals surface area contributed by atoms with Crippen LogP contribution in [-0.2, 0) is 14.3 Å². The first kappa shape index (κ1) is 15.8. The summed E-state index contributed by atoms with van der Waals surface area (Å²) in [7, 11) is 0. The smallest absolute Gasteiger partial charge is 0.303 e. The Hall–Kier alpha value is -2.62. The van der Waals surface area contributed by atoms with Gasteiger partial charge in [0.15, 0.2) is 0 Å². The van der Waals surface area contributed by atoms with Crippen LogP contribution < -0.4 is 5.32 Å². The molecule has 2 atom stereocenters. The van der Waals surface area contributed by atoms with E-state index in [0.717, 1.165) is 5.56 Å². The maximum atomic E-state index is 12.5. The molecule has 0 bridgehead atoms. The van der Waals surface area contributed by atoms with Crippen LogP contribution in [0.4, 0.5) is 0 Å². The van der Waals surface area contributed by atoms with E-state index < -0.39 is 12.1 Å². The van der Waals surface area contributed by atoms with E-state index in [1.165, 1.54) is 6.92 Å². The quantitative estimate of drug-likeness (QED) is 0.862. The Morgan fingerprint density at radius 2 is 1.41 bits per heavy atom. The summed E-state index contributed by atoms with van der Waals surface area (Å²) in [6, 6.07) is 18.4. The van der Waals surface area contributed by atoms with Crippen molar-refractivity contribution in [1.82, 2.24) is 5.32 Å². The topological polar surface area (TPSA) is 55.4 Å². The SMILES string of the molecule is CC(=O)O[C@H](C(=O)N[C@@H](C)c1ccccc1)c1ccccc1. The Bertz CT molecular complexity index is 625. The normalized spacial score (nSPS) is 13.0. The molecular weight excluding hydrogens is 278 g/mol. The third kappa shape index (κ3) is 4.19. The number of nitrogens with one attached hydrogen (secondary N) is 1. The zero-order valence-electron chi connectivity index (χ0n) is 12.7. The molecule has 0 aliphatic rings. The van der Waals surface area contributed by atoms with Crippen LogP contribution in [0.1, 0.15) is 37.1 Å². The molecule has 0 spiro atoms. The van der Waals surface area contributed by atoms with Crippen LogP contribution in [0.5, 0.6) is 0 Å². The summed E-state index contributed by atoms with van der Waals surface area (Å²) >= 11 is 0. The lowest BCUT2D eigenvalue weighted by atomic mass is 10.1. The molecule has 1 N–H and O–H groups in total. The molecule has 0 fully saturated rings. The molecule has 0 saturated heterocycles. The molecule has 0 aliphatic carbocycles. The van der Waals surface area contributed by atoms with Gasteiger partial charge in [-0.3, -0.25) is 9.59 Å². The molecular formula is C18H19NO3. The van der Waals surface area contributed by atoms with Crippen molar-refractivity contribution in [1.29, 1.82) is 0 Å². The van der Waals surface area contributed by atoms with Gasteiger partial charge in [0, 0.05) is 12.5 Å². The lowest BCUT2D eigenvalue weighted by Gasteiger charge is -2.20. The van der Waals surface area contributed by atoms with E-state index in [0.29, 0.717) is 5.56 Å². The summed E-state index contributed by atoms with van der Waals surface area (Å²) in [5.41, 5.74) is 1.64. The van der Waals surface area contributed by atoms with E-state index in [2.05, 4.69) is 5.32 Å². The Balaban J connectivity index is 2.14. The van der Waals surface area contributed by atoms with Crippen LogP contribution in [0.3, 0.4) is 0 Å². The monoisotopic (exact) mass is 297 g/mol. The number of rotatable bonds is 5. The van der Waals surface area contributed by atoms with Crippen LogP contribution in [0.25, 0.3) is 0 Å². The largest absolute Gasteiger partial charge is 0.447 e. The molecule has 0 heterocycles. The Morgan fingerprint density at radius 3 is 1.91 bits per heavy atom. The van der Waals surface area contributed by atoms with Gasteiger partial charge in [-0.1, -0.05) is 60.7 Å². The first-order valence-electron chi connectivity index (χ1n) is 7.15. The van der Waals surface area contributed by atoms with E-state index in [1.54, 1.807) is 24.3 Å². The van der Waals surface area contributed by atoms with Gasteiger partial charge in [-0.2, -0.15) is 0 Å². The zero-order valence-corrected chi connectivity index (χ0v) is 12.7. The summed E-state index contributed by atoms with van der Waals surface area (Å²) in [6.45, 7) is 3.19. The predicted molar refractivity (Wildman–Crippen MR) is 83.9 cm³/mol. The summed E-state index contributed by atoms with van der Waals surface area (Å²) in [6.07, 6.45) is -0.940. The van der Waals surface area contributed by atoms with Crippen molar-refractivity contribution in [3.05, 3.63) is 71.8 Å². The maximum Gasteiger partial charge on any atom is 0.303 e. The summed E-state index contributed by atoms with van der Waals surface area (Å²) < 4.78 is 5.18. The average Bonchev–Trinajstić information content (AvgIpc) is 2.54. The number of esters is 1. The van der Waals surface area contributed by atoms with Crippen molar-refractivity contribution in [3.63, 3.8) is 0 Å². The second-order valence-electron chi connectivity index (χ2n) is 5.04. The van der Waals surface area contributed by atoms with E-state index in [1.807, 2.05) is 43.3 Å². The van der Waals surface area contributed by atoms with Crippen molar-refractivity contribution < 1.29 is 14.3 Å². The number of amides is 1. The molecule has 2 aromatic carbocycles. The molecule has 2 aromatic rings. The van der Waals surface area contributed by atoms with Crippen molar-refractivity contribution in [2.45, 2.75) is 26.0 Å². The summed E-state index contributed by atoms with van der Waals surface area (Å²) in [4.78, 5) is 23.8. The van der Waals surface area contributed by atoms with Crippen LogP contribution in [0, 0.1) is 0 Å². The summed E-state index contributed by atoms with van der Waals surface area (Å²) in [5, 5.41) is 2.88. The molecule has 0 saturated carbocycles. The molecule has 0 unspecified atom stereocenters. The Kier molecular flexibility index (Phi) is 5.31. The van der Waals surface area contributed by atoms with Crippen molar-refractivity contribution in [2.75, 3.05) is 0 Å². The Morgan fingerprint density at radius 1 is 0.909 bits per heavy atom. The molecule has 22 heavy (non-hydrogen) atoms. The fourth-order valence-corrected chi connectivity index (χ4v) is 2.18. The lowest BCUT2D eigenvalue weighted by molar-refractivity contribution is -0.154. The van der Waals surface area contributed by atoms with E-state index in [-0.39, 0.29) is 11.9 Å². The fourth-order valence-electron chi connectivity index (χ4n) is 2.18. The highest BCUT2D eigenvalue weighted by Gasteiger charge is 2.25. The molecule has 2 rings (SSSR count). The third-order valence-corrected chi connectivity index (χ3v) is 3.28. The number of hydrogen-bond donors (Lipinski definition) is 1. The number of carbonyl (C=O) groups excluding carboxylic acids is 2. The number of carbonyl (C=O) groups is 2. The first-order chi connectivity index (χ1) is 10.6. The summed E-state index contributed by atoms with van der Waals surface area (Å²) in [5.74, 6) is -0.825. The van der Waals surface area contributed by atoms with Gasteiger partial charge in [0.05, 0.1) is 6.04 Å². The van der Waals surface area contributed by atoms with Gasteiger partial charge in [-0.25, -0.2) is 0 Å². The fraction of sp³-hybridized carbons (Fsp3) is 0.222. The molecule has 1 amide bonds. The van der Waals surface area contributed by atoms with E-state index in [9.17, 15) is 9.59 Å². The minimum atomic E-state index is -0.940. The minimum Gasteiger partial charge on any atom is -0.447 e. The van der Waals surface area contributed by atoms with Gasteiger partial charge in [0.25, 0.3) is 5.91 Å². The van der Waals surface area contributed by atoms with Crippen LogP contribution in [0.15, 0.2) is 60.7 Å². The Labute approximate surface area is 130 Å². The lowest BCUT2D eigenvalue weighted by Crippen LogP contribution is -2.33. The standard InChI is InChI=1S/C18H19NO3/c1-13(15-9-5-3-6-10-15)19-18(21)17(22-14(2)20)16-11-7-4-8-12-16/h3-13,17H,1-2H3,(H,19,21)/t13-,17-/m0/s1. The predicted octanol–water partition coefficient (Wildman–Crippen LogP) is 3.17. The number of hydrogen-bond acceptors (Lipinski definition) is 3. The number of ether oxygens (including phenoxy) is 1. The van der Waals surface area contributed by atoms with Gasteiger partial charge in [0.2, 0.25) is 6.10 Å². The highest BCUT2D eigenvalue weighted by atomic mass is 16.5. The first-order valence-corrected chi connectivity index (χ1v) is 7.15. The van der Waals surface area contributed by atoms with Gasteiger partial charge in [0.1, 0.15) is 0 Å². The molecule has 114 valence electrons. The molecule has 0 radical (unpaired) electrons. The van der Waals surface area contributed by atoms with Gasteiger partial charge in [-0.05, 0) is 12.5 Å². The third-order valence-electron chi connectivity index (χ3n) is 3.28. The molecule has 0 aromatic heterocycles. The van der Waals surface area contributed by atoms with Crippen LogP contribution in [-0.4, -0.2) is 11.9 Å². The molecule has 4 heteroatoms. The highest BCUT2D eigenvalue weighted by Crippen LogP contribution is 2.20. The maximum absolute atomic E-state index is 12.5.